The first-order chi connectivity index (χ1) is 9.96. The van der Waals surface area contributed by atoms with Crippen LogP contribution in [0.1, 0.15) is 34.8 Å². The monoisotopic (exact) mass is 281 g/mol. The largest absolute Gasteiger partial charge is 0.564 e. The van der Waals surface area contributed by atoms with Gasteiger partial charge in [0, 0.05) is 0 Å². The number of rotatable bonds is 3. The van der Waals surface area contributed by atoms with E-state index in [1.165, 1.54) is 0 Å². The molecule has 0 spiro atoms. The molecule has 0 unspecified atom stereocenters. The number of hydrogen-bond donors (Lipinski definition) is 0. The quantitative estimate of drug-likeness (QED) is 0.478. The minimum absolute atomic E-state index is 0.00708. The minimum Gasteiger partial charge on any atom is -0.564 e. The van der Waals surface area contributed by atoms with Crippen LogP contribution in [0.2, 0.25) is 0 Å². The van der Waals surface area contributed by atoms with Crippen molar-refractivity contribution in [2.75, 3.05) is 0 Å². The molecular formula is C13H12BN5O2. The molecule has 0 aliphatic heterocycles. The molecular weight excluding hydrogens is 269 g/mol. The fourth-order valence-corrected chi connectivity index (χ4v) is 1.72. The predicted octanol–water partition coefficient (Wildman–Crippen LogP) is 1.59. The molecule has 21 heavy (non-hydrogen) atoms. The second-order valence-electron chi connectivity index (χ2n) is 4.35. The van der Waals surface area contributed by atoms with E-state index in [0.29, 0.717) is 23.1 Å². The Kier molecular flexibility index (Phi) is 4.03. The summed E-state index contributed by atoms with van der Waals surface area (Å²) in [5.41, 5.74) is 0.704. The van der Waals surface area contributed by atoms with E-state index in [1.807, 2.05) is 6.07 Å². The summed E-state index contributed by atoms with van der Waals surface area (Å²) in [6.07, 6.45) is 0. The van der Waals surface area contributed by atoms with Crippen LogP contribution in [0.3, 0.4) is 0 Å². The molecule has 0 amide bonds. The summed E-state index contributed by atoms with van der Waals surface area (Å²) in [4.78, 5) is 16.5. The van der Waals surface area contributed by atoms with Gasteiger partial charge in [0.15, 0.2) is 17.2 Å². The molecule has 2 heterocycles. The third-order valence-corrected chi connectivity index (χ3v) is 2.76. The van der Waals surface area contributed by atoms with E-state index in [2.05, 4.69) is 19.9 Å². The van der Waals surface area contributed by atoms with E-state index in [-0.39, 0.29) is 23.0 Å². The number of aryl methyl sites for hydroxylation is 4. The van der Waals surface area contributed by atoms with Crippen molar-refractivity contribution in [3.63, 3.8) is 0 Å². The summed E-state index contributed by atoms with van der Waals surface area (Å²) in [6.45, 7) is 6.94. The van der Waals surface area contributed by atoms with Gasteiger partial charge in [0.25, 0.3) is 0 Å². The molecule has 0 saturated heterocycles. The minimum atomic E-state index is -0.00708. The Hall–Kier alpha value is -2.69. The van der Waals surface area contributed by atoms with Gasteiger partial charge in [-0.3, -0.25) is 0 Å². The smallest absolute Gasteiger partial charge is 0.374 e. The van der Waals surface area contributed by atoms with Crippen LogP contribution in [0.4, 0.5) is 0 Å². The molecule has 104 valence electrons. The fourth-order valence-electron chi connectivity index (χ4n) is 1.72. The molecule has 2 aromatic rings. The molecule has 0 N–H and O–H groups in total. The van der Waals surface area contributed by atoms with Gasteiger partial charge in [-0.1, -0.05) is 0 Å². The predicted molar refractivity (Wildman–Crippen MR) is 74.5 cm³/mol. The molecule has 0 atom stereocenters. The first kappa shape index (κ1) is 14.7. The van der Waals surface area contributed by atoms with Crippen LogP contribution in [-0.2, 0) is 4.65 Å². The zero-order chi connectivity index (χ0) is 15.6. The molecule has 8 heteroatoms. The maximum atomic E-state index is 9.37. The van der Waals surface area contributed by atoms with Crippen molar-refractivity contribution in [3.05, 3.63) is 34.8 Å². The highest BCUT2D eigenvalue weighted by Gasteiger charge is 2.20. The first-order valence-electron chi connectivity index (χ1n) is 6.11. The van der Waals surface area contributed by atoms with Crippen LogP contribution in [0.5, 0.6) is 0 Å². The highest BCUT2D eigenvalue weighted by molar-refractivity contribution is 6.05. The normalized spacial score (nSPS) is 11.8. The second kappa shape index (κ2) is 5.75. The van der Waals surface area contributed by atoms with Crippen LogP contribution in [-0.4, -0.2) is 28.0 Å². The third kappa shape index (κ3) is 2.92. The first-order valence-corrected chi connectivity index (χ1v) is 6.11. The van der Waals surface area contributed by atoms with Gasteiger partial charge in [-0.2, -0.15) is 5.26 Å². The molecule has 0 saturated carbocycles. The summed E-state index contributed by atoms with van der Waals surface area (Å²) in [7, 11) is 5.28. The van der Waals surface area contributed by atoms with Gasteiger partial charge < -0.3 is 9.07 Å². The average molecular weight is 281 g/mol. The molecule has 0 fully saturated rings. The van der Waals surface area contributed by atoms with Crippen molar-refractivity contribution >= 4 is 19.4 Å². The fraction of sp³-hybridized carbons (Fsp3) is 0.308. The molecule has 0 aliphatic carbocycles. The summed E-state index contributed by atoms with van der Waals surface area (Å²) in [5.74, 6) is 1.86. The van der Waals surface area contributed by atoms with Crippen molar-refractivity contribution in [2.24, 2.45) is 0 Å². The zero-order valence-corrected chi connectivity index (χ0v) is 12.1. The SMILES string of the molecule is [B]OC(=C(C#N)c1nc(C)c(C)o1)c1nc(C)nc(C)n1. The Labute approximate surface area is 123 Å². The van der Waals surface area contributed by atoms with Crippen molar-refractivity contribution < 1.29 is 9.07 Å². The van der Waals surface area contributed by atoms with Gasteiger partial charge in [-0.05, 0) is 27.7 Å². The standard InChI is InChI=1S/C13H12BN5O2/c1-6-7(2)20-13(16-6)10(5-15)11(21-14)12-18-8(3)17-9(4)19-12/h1-4H3. The molecule has 0 bridgehead atoms. The van der Waals surface area contributed by atoms with Gasteiger partial charge in [0.1, 0.15) is 23.5 Å². The number of nitriles is 1. The van der Waals surface area contributed by atoms with Gasteiger partial charge in [-0.15, -0.1) is 0 Å². The van der Waals surface area contributed by atoms with Crippen molar-refractivity contribution in [1.82, 2.24) is 19.9 Å². The van der Waals surface area contributed by atoms with E-state index < -0.39 is 0 Å². The number of allylic oxidation sites excluding steroid dienone is 1. The molecule has 2 aromatic heterocycles. The summed E-state index contributed by atoms with van der Waals surface area (Å²) < 4.78 is 10.2. The Morgan fingerprint density at radius 1 is 1.10 bits per heavy atom. The van der Waals surface area contributed by atoms with Crippen molar-refractivity contribution in [1.29, 1.82) is 5.26 Å². The number of aromatic nitrogens is 4. The van der Waals surface area contributed by atoms with E-state index in [4.69, 9.17) is 17.1 Å². The lowest BCUT2D eigenvalue weighted by molar-refractivity contribution is 0.508. The number of oxazole rings is 1. The highest BCUT2D eigenvalue weighted by Crippen LogP contribution is 2.25. The van der Waals surface area contributed by atoms with Crippen LogP contribution < -0.4 is 0 Å². The molecule has 7 nitrogen and oxygen atoms in total. The Bertz CT molecular complexity index is 721. The summed E-state index contributed by atoms with van der Waals surface area (Å²) in [6, 6.07) is 1.97. The average Bonchev–Trinajstić information content (AvgIpc) is 2.74. The second-order valence-corrected chi connectivity index (χ2v) is 4.35. The van der Waals surface area contributed by atoms with Gasteiger partial charge >= 0.3 is 8.05 Å². The third-order valence-electron chi connectivity index (χ3n) is 2.76. The Balaban J connectivity index is 2.66. The lowest BCUT2D eigenvalue weighted by Gasteiger charge is -2.08. The van der Waals surface area contributed by atoms with Crippen LogP contribution in [0.25, 0.3) is 11.3 Å². The molecule has 2 rings (SSSR count). The van der Waals surface area contributed by atoms with Crippen molar-refractivity contribution in [2.45, 2.75) is 27.7 Å². The molecule has 0 aromatic carbocycles. The lowest BCUT2D eigenvalue weighted by Crippen LogP contribution is -2.05. The topological polar surface area (TPSA) is 97.7 Å². The summed E-state index contributed by atoms with van der Waals surface area (Å²) in [5, 5.41) is 9.37. The maximum absolute atomic E-state index is 9.37. The van der Waals surface area contributed by atoms with E-state index in [1.54, 1.807) is 27.7 Å². The number of hydrogen-bond acceptors (Lipinski definition) is 7. The molecule has 0 aliphatic rings. The van der Waals surface area contributed by atoms with Gasteiger partial charge in [0.2, 0.25) is 5.89 Å². The Morgan fingerprint density at radius 2 is 1.71 bits per heavy atom. The van der Waals surface area contributed by atoms with E-state index >= 15 is 0 Å². The van der Waals surface area contributed by atoms with Gasteiger partial charge in [-0.25, -0.2) is 19.9 Å². The molecule has 2 radical (unpaired) electrons. The van der Waals surface area contributed by atoms with E-state index in [9.17, 15) is 5.26 Å². The van der Waals surface area contributed by atoms with Crippen molar-refractivity contribution in [3.8, 4) is 6.07 Å². The van der Waals surface area contributed by atoms with Crippen LogP contribution in [0, 0.1) is 39.0 Å². The highest BCUT2D eigenvalue weighted by atomic mass is 16.4. The lowest BCUT2D eigenvalue weighted by atomic mass is 10.2. The Morgan fingerprint density at radius 3 is 2.14 bits per heavy atom. The van der Waals surface area contributed by atoms with Gasteiger partial charge in [0.05, 0.1) is 5.69 Å². The summed E-state index contributed by atoms with van der Waals surface area (Å²) >= 11 is 0. The maximum Gasteiger partial charge on any atom is 0.374 e. The van der Waals surface area contributed by atoms with E-state index in [0.717, 1.165) is 0 Å². The zero-order valence-electron chi connectivity index (χ0n) is 12.1. The number of nitrogens with zero attached hydrogens (tertiary/aromatic N) is 5. The van der Waals surface area contributed by atoms with Crippen LogP contribution >= 0.6 is 0 Å². The van der Waals surface area contributed by atoms with Crippen LogP contribution in [0.15, 0.2) is 4.42 Å².